The summed E-state index contributed by atoms with van der Waals surface area (Å²) in [6.45, 7) is 2.00. The molecule has 0 atom stereocenters. The summed E-state index contributed by atoms with van der Waals surface area (Å²) in [6.07, 6.45) is 0. The van der Waals surface area contributed by atoms with Crippen LogP contribution in [0, 0.1) is 6.92 Å². The van der Waals surface area contributed by atoms with E-state index in [0.717, 1.165) is 17.0 Å². The molecule has 0 radical (unpaired) electrons. The first-order valence-electron chi connectivity index (χ1n) is 7.67. The van der Waals surface area contributed by atoms with Crippen molar-refractivity contribution in [1.82, 2.24) is 0 Å². The first-order chi connectivity index (χ1) is 11.7. The molecule has 4 heteroatoms. The number of benzene rings is 3. The molecule has 0 aromatic heterocycles. The second-order valence-corrected chi connectivity index (χ2v) is 5.38. The molecule has 3 rings (SSSR count). The standard InChI is InChI=1S/C20H18N2O2/c1-15-7-9-16(10-8-15)21-20(23)22-17-11-13-19(14-12-17)24-18-5-3-2-4-6-18/h2-14H,1H3,(H2,21,22,23). The normalized spacial score (nSPS) is 10.0. The Bertz CT molecular complexity index is 797. The van der Waals surface area contributed by atoms with Gasteiger partial charge >= 0.3 is 6.03 Å². The van der Waals surface area contributed by atoms with Crippen molar-refractivity contribution in [1.29, 1.82) is 0 Å². The first-order valence-corrected chi connectivity index (χ1v) is 7.67. The topological polar surface area (TPSA) is 50.4 Å². The highest BCUT2D eigenvalue weighted by molar-refractivity contribution is 5.99. The highest BCUT2D eigenvalue weighted by Gasteiger charge is 2.03. The van der Waals surface area contributed by atoms with Crippen LogP contribution in [0.1, 0.15) is 5.56 Å². The van der Waals surface area contributed by atoms with Gasteiger partial charge in [-0.25, -0.2) is 4.79 Å². The smallest absolute Gasteiger partial charge is 0.323 e. The number of carbonyl (C=O) groups is 1. The van der Waals surface area contributed by atoms with Crippen molar-refractivity contribution in [2.45, 2.75) is 6.92 Å². The summed E-state index contributed by atoms with van der Waals surface area (Å²) in [7, 11) is 0. The zero-order valence-corrected chi connectivity index (χ0v) is 13.3. The van der Waals surface area contributed by atoms with Gasteiger partial charge in [0.05, 0.1) is 0 Å². The maximum atomic E-state index is 12.0. The van der Waals surface area contributed by atoms with Crippen LogP contribution in [-0.4, -0.2) is 6.03 Å². The highest BCUT2D eigenvalue weighted by Crippen LogP contribution is 2.22. The largest absolute Gasteiger partial charge is 0.457 e. The number of amides is 2. The second kappa shape index (κ2) is 7.33. The van der Waals surface area contributed by atoms with Crippen LogP contribution in [0.5, 0.6) is 11.5 Å². The average molecular weight is 318 g/mol. The summed E-state index contributed by atoms with van der Waals surface area (Å²) < 4.78 is 5.72. The van der Waals surface area contributed by atoms with E-state index in [2.05, 4.69) is 10.6 Å². The molecule has 0 aliphatic heterocycles. The summed E-state index contributed by atoms with van der Waals surface area (Å²) in [5, 5.41) is 5.58. The lowest BCUT2D eigenvalue weighted by molar-refractivity contribution is 0.262. The Morgan fingerprint density at radius 2 is 1.21 bits per heavy atom. The van der Waals surface area contributed by atoms with Crippen LogP contribution in [0.2, 0.25) is 0 Å². The lowest BCUT2D eigenvalue weighted by atomic mass is 10.2. The van der Waals surface area contributed by atoms with E-state index < -0.39 is 0 Å². The van der Waals surface area contributed by atoms with Gasteiger partial charge in [-0.15, -0.1) is 0 Å². The van der Waals surface area contributed by atoms with Gasteiger partial charge < -0.3 is 15.4 Å². The van der Waals surface area contributed by atoms with Crippen molar-refractivity contribution in [3.63, 3.8) is 0 Å². The van der Waals surface area contributed by atoms with Crippen LogP contribution in [0.15, 0.2) is 78.9 Å². The Morgan fingerprint density at radius 1 is 0.708 bits per heavy atom. The van der Waals surface area contributed by atoms with Crippen LogP contribution in [-0.2, 0) is 0 Å². The SMILES string of the molecule is Cc1ccc(NC(=O)Nc2ccc(Oc3ccccc3)cc2)cc1. The zero-order valence-electron chi connectivity index (χ0n) is 13.3. The maximum Gasteiger partial charge on any atom is 0.323 e. The third-order valence-corrected chi connectivity index (χ3v) is 3.40. The van der Waals surface area contributed by atoms with Crippen molar-refractivity contribution < 1.29 is 9.53 Å². The van der Waals surface area contributed by atoms with Gasteiger partial charge in [-0.2, -0.15) is 0 Å². The number of hydrogen-bond acceptors (Lipinski definition) is 2. The first kappa shape index (κ1) is 15.6. The Hall–Kier alpha value is -3.27. The molecule has 24 heavy (non-hydrogen) atoms. The molecule has 120 valence electrons. The minimum absolute atomic E-state index is 0.282. The van der Waals surface area contributed by atoms with Crippen molar-refractivity contribution in [2.75, 3.05) is 10.6 Å². The molecule has 0 bridgehead atoms. The minimum Gasteiger partial charge on any atom is -0.457 e. The molecule has 4 nitrogen and oxygen atoms in total. The van der Waals surface area contributed by atoms with E-state index in [4.69, 9.17) is 4.74 Å². The number of hydrogen-bond donors (Lipinski definition) is 2. The summed E-state index contributed by atoms with van der Waals surface area (Å²) in [5.41, 5.74) is 2.59. The summed E-state index contributed by atoms with van der Waals surface area (Å²) in [6, 6.07) is 24.1. The number of anilines is 2. The molecule has 0 saturated carbocycles. The Balaban J connectivity index is 1.57. The van der Waals surface area contributed by atoms with Crippen LogP contribution in [0.3, 0.4) is 0 Å². The third kappa shape index (κ3) is 4.36. The van der Waals surface area contributed by atoms with Crippen LogP contribution in [0.4, 0.5) is 16.2 Å². The fourth-order valence-corrected chi connectivity index (χ4v) is 2.16. The minimum atomic E-state index is -0.282. The van der Waals surface area contributed by atoms with E-state index in [9.17, 15) is 4.79 Å². The zero-order chi connectivity index (χ0) is 16.8. The van der Waals surface area contributed by atoms with Gasteiger partial charge in [0.15, 0.2) is 0 Å². The van der Waals surface area contributed by atoms with Crippen molar-refractivity contribution in [3.05, 3.63) is 84.4 Å². The number of ether oxygens (including phenoxy) is 1. The van der Waals surface area contributed by atoms with Gasteiger partial charge in [0.25, 0.3) is 0 Å². The number of nitrogens with one attached hydrogen (secondary N) is 2. The predicted molar refractivity (Wildman–Crippen MR) is 96.8 cm³/mol. The van der Waals surface area contributed by atoms with Gasteiger partial charge in [-0.1, -0.05) is 35.9 Å². The molecule has 2 amide bonds. The number of carbonyl (C=O) groups excluding carboxylic acids is 1. The van der Waals surface area contributed by atoms with E-state index in [1.165, 1.54) is 0 Å². The fraction of sp³-hybridized carbons (Fsp3) is 0.0500. The molecule has 0 unspecified atom stereocenters. The monoisotopic (exact) mass is 318 g/mol. The van der Waals surface area contributed by atoms with Gasteiger partial charge in [-0.3, -0.25) is 0 Å². The Labute approximate surface area is 141 Å². The maximum absolute atomic E-state index is 12.0. The molecule has 0 aliphatic rings. The van der Waals surface area contributed by atoms with E-state index in [1.807, 2.05) is 73.7 Å². The molecular formula is C20H18N2O2. The molecule has 3 aromatic rings. The van der Waals surface area contributed by atoms with E-state index in [-0.39, 0.29) is 6.03 Å². The van der Waals surface area contributed by atoms with E-state index >= 15 is 0 Å². The molecule has 0 spiro atoms. The van der Waals surface area contributed by atoms with Crippen molar-refractivity contribution >= 4 is 17.4 Å². The quantitative estimate of drug-likeness (QED) is 0.673. The van der Waals surface area contributed by atoms with Crippen molar-refractivity contribution in [2.24, 2.45) is 0 Å². The lowest BCUT2D eigenvalue weighted by Gasteiger charge is -2.09. The molecule has 0 aliphatic carbocycles. The lowest BCUT2D eigenvalue weighted by Crippen LogP contribution is -2.19. The molecule has 0 fully saturated rings. The van der Waals surface area contributed by atoms with E-state index in [1.54, 1.807) is 12.1 Å². The summed E-state index contributed by atoms with van der Waals surface area (Å²) >= 11 is 0. The number of para-hydroxylation sites is 1. The molecular weight excluding hydrogens is 300 g/mol. The molecule has 3 aromatic carbocycles. The Kier molecular flexibility index (Phi) is 4.77. The Morgan fingerprint density at radius 3 is 1.79 bits per heavy atom. The van der Waals surface area contributed by atoms with Crippen molar-refractivity contribution in [3.8, 4) is 11.5 Å². The van der Waals surface area contributed by atoms with Crippen LogP contribution >= 0.6 is 0 Å². The third-order valence-electron chi connectivity index (χ3n) is 3.40. The second-order valence-electron chi connectivity index (χ2n) is 5.38. The number of rotatable bonds is 4. The predicted octanol–water partition coefficient (Wildman–Crippen LogP) is 5.43. The molecule has 0 saturated heterocycles. The molecule has 0 heterocycles. The van der Waals surface area contributed by atoms with Gasteiger partial charge in [0, 0.05) is 11.4 Å². The number of urea groups is 1. The molecule has 2 N–H and O–H groups in total. The van der Waals surface area contributed by atoms with Crippen LogP contribution in [0.25, 0.3) is 0 Å². The highest BCUT2D eigenvalue weighted by atomic mass is 16.5. The summed E-state index contributed by atoms with van der Waals surface area (Å²) in [5.74, 6) is 1.49. The fourth-order valence-electron chi connectivity index (χ4n) is 2.16. The number of aryl methyl sites for hydroxylation is 1. The van der Waals surface area contributed by atoms with Crippen LogP contribution < -0.4 is 15.4 Å². The summed E-state index contributed by atoms with van der Waals surface area (Å²) in [4.78, 5) is 12.0. The average Bonchev–Trinajstić information content (AvgIpc) is 2.60. The van der Waals surface area contributed by atoms with Gasteiger partial charge in [-0.05, 0) is 55.5 Å². The van der Waals surface area contributed by atoms with Gasteiger partial charge in [0.1, 0.15) is 11.5 Å². The van der Waals surface area contributed by atoms with E-state index in [0.29, 0.717) is 11.4 Å². The van der Waals surface area contributed by atoms with Gasteiger partial charge in [0.2, 0.25) is 0 Å².